The van der Waals surface area contributed by atoms with Gasteiger partial charge in [-0.3, -0.25) is 4.79 Å². The number of halogens is 3. The topological polar surface area (TPSA) is 26.3 Å². The highest BCUT2D eigenvalue weighted by molar-refractivity contribution is 6.38. The normalized spacial score (nSPS) is 10.6. The van der Waals surface area contributed by atoms with Crippen molar-refractivity contribution in [1.82, 2.24) is 0 Å². The van der Waals surface area contributed by atoms with Crippen LogP contribution >= 0.6 is 34.8 Å². The molecule has 0 aliphatic carbocycles. The summed E-state index contributed by atoms with van der Waals surface area (Å²) in [5.41, 5.74) is 0.390. The van der Waals surface area contributed by atoms with E-state index in [-0.39, 0.29) is 17.8 Å². The van der Waals surface area contributed by atoms with E-state index in [1.165, 1.54) is 12.1 Å². The molecule has 0 saturated heterocycles. The molecule has 0 fully saturated rings. The average Bonchev–Trinajstić information content (AvgIpc) is 2.21. The van der Waals surface area contributed by atoms with Crippen molar-refractivity contribution in [2.45, 2.75) is 20.0 Å². The smallest absolute Gasteiger partial charge is 0.177 e. The summed E-state index contributed by atoms with van der Waals surface area (Å²) in [6, 6.07) is 3.02. The number of carbonyl (C=O) groups excluding carboxylic acids is 1. The molecule has 0 N–H and O–H groups in total. The molecule has 0 heterocycles. The van der Waals surface area contributed by atoms with Crippen LogP contribution in [0.15, 0.2) is 12.1 Å². The number of carbonyl (C=O) groups is 1. The largest absolute Gasteiger partial charge is 0.488 e. The van der Waals surface area contributed by atoms with Crippen molar-refractivity contribution in [3.05, 3.63) is 27.7 Å². The Morgan fingerprint density at radius 2 is 1.81 bits per heavy atom. The lowest BCUT2D eigenvalue weighted by molar-refractivity contribution is 0.102. The highest BCUT2D eigenvalue weighted by Crippen LogP contribution is 2.35. The Kier molecular flexibility index (Phi) is 4.90. The summed E-state index contributed by atoms with van der Waals surface area (Å²) in [5.74, 6) is 0.0721. The van der Waals surface area contributed by atoms with Gasteiger partial charge in [-0.25, -0.2) is 0 Å². The molecule has 0 spiro atoms. The first kappa shape index (κ1) is 13.6. The van der Waals surface area contributed by atoms with Gasteiger partial charge in [0, 0.05) is 5.56 Å². The van der Waals surface area contributed by atoms with Crippen molar-refractivity contribution < 1.29 is 9.53 Å². The Morgan fingerprint density at radius 1 is 1.31 bits per heavy atom. The van der Waals surface area contributed by atoms with E-state index in [2.05, 4.69) is 0 Å². The molecule has 0 atom stereocenters. The Bertz CT molecular complexity index is 379. The van der Waals surface area contributed by atoms with Crippen LogP contribution in [0.25, 0.3) is 0 Å². The van der Waals surface area contributed by atoms with Gasteiger partial charge < -0.3 is 4.74 Å². The molecule has 1 rings (SSSR count). The predicted octanol–water partition coefficient (Wildman–Crippen LogP) is 4.20. The molecule has 0 aliphatic heterocycles. The quantitative estimate of drug-likeness (QED) is 0.610. The Hall–Kier alpha value is -0.440. The Labute approximate surface area is 109 Å². The molecular weight excluding hydrogens is 270 g/mol. The van der Waals surface area contributed by atoms with Gasteiger partial charge in [-0.2, -0.15) is 0 Å². The first-order chi connectivity index (χ1) is 7.45. The van der Waals surface area contributed by atoms with E-state index in [1.807, 2.05) is 13.8 Å². The number of benzene rings is 1. The van der Waals surface area contributed by atoms with E-state index in [0.29, 0.717) is 21.4 Å². The summed E-state index contributed by atoms with van der Waals surface area (Å²) in [6.45, 7) is 3.73. The van der Waals surface area contributed by atoms with Gasteiger partial charge >= 0.3 is 0 Å². The highest BCUT2D eigenvalue weighted by atomic mass is 35.5. The molecule has 16 heavy (non-hydrogen) atoms. The fourth-order valence-corrected chi connectivity index (χ4v) is 1.88. The van der Waals surface area contributed by atoms with Crippen molar-refractivity contribution in [2.75, 3.05) is 5.88 Å². The van der Waals surface area contributed by atoms with E-state index in [0.717, 1.165) is 0 Å². The number of ether oxygens (including phenoxy) is 1. The van der Waals surface area contributed by atoms with Crippen molar-refractivity contribution in [2.24, 2.45) is 0 Å². The van der Waals surface area contributed by atoms with Crippen LogP contribution in [0, 0.1) is 0 Å². The maximum atomic E-state index is 11.4. The molecule has 0 unspecified atom stereocenters. The fraction of sp³-hybridized carbons (Fsp3) is 0.364. The molecular formula is C11H11Cl3O2. The maximum absolute atomic E-state index is 11.4. The highest BCUT2D eigenvalue weighted by Gasteiger charge is 2.14. The monoisotopic (exact) mass is 280 g/mol. The number of hydrogen-bond acceptors (Lipinski definition) is 2. The number of alkyl halides is 1. The van der Waals surface area contributed by atoms with Gasteiger partial charge in [-0.05, 0) is 26.0 Å². The van der Waals surface area contributed by atoms with E-state index >= 15 is 0 Å². The summed E-state index contributed by atoms with van der Waals surface area (Å²) in [6.07, 6.45) is -0.0374. The molecule has 0 saturated carbocycles. The predicted molar refractivity (Wildman–Crippen MR) is 67.3 cm³/mol. The molecule has 0 aromatic heterocycles. The lowest BCUT2D eigenvalue weighted by Crippen LogP contribution is -2.07. The molecule has 88 valence electrons. The summed E-state index contributed by atoms with van der Waals surface area (Å²) in [7, 11) is 0. The molecule has 1 aromatic rings. The number of rotatable bonds is 4. The van der Waals surface area contributed by atoms with Crippen LogP contribution in [0.4, 0.5) is 0 Å². The van der Waals surface area contributed by atoms with Crippen LogP contribution < -0.4 is 4.74 Å². The zero-order valence-electron chi connectivity index (χ0n) is 8.89. The van der Waals surface area contributed by atoms with Crippen molar-refractivity contribution in [1.29, 1.82) is 0 Å². The summed E-state index contributed by atoms with van der Waals surface area (Å²) in [5, 5.41) is 0.629. The molecule has 0 amide bonds. The first-order valence-corrected chi connectivity index (χ1v) is 5.99. The number of Topliss-reactive ketones (excluding diaryl/α,β-unsaturated/α-hetero) is 1. The fourth-order valence-electron chi connectivity index (χ4n) is 1.15. The van der Waals surface area contributed by atoms with Crippen molar-refractivity contribution in [3.63, 3.8) is 0 Å². The van der Waals surface area contributed by atoms with Crippen LogP contribution in [0.2, 0.25) is 10.0 Å². The lowest BCUT2D eigenvalue weighted by Gasteiger charge is -2.13. The van der Waals surface area contributed by atoms with Gasteiger partial charge in [0.2, 0.25) is 0 Å². The minimum absolute atomic E-state index is 0.0374. The van der Waals surface area contributed by atoms with Gasteiger partial charge in [-0.1, -0.05) is 23.2 Å². The van der Waals surface area contributed by atoms with E-state index in [4.69, 9.17) is 39.5 Å². The first-order valence-electron chi connectivity index (χ1n) is 4.70. The van der Waals surface area contributed by atoms with Crippen LogP contribution in [0.5, 0.6) is 5.75 Å². The van der Waals surface area contributed by atoms with Gasteiger partial charge in [0.15, 0.2) is 11.5 Å². The molecule has 0 radical (unpaired) electrons. The minimum Gasteiger partial charge on any atom is -0.488 e. The van der Waals surface area contributed by atoms with Crippen LogP contribution in [0.1, 0.15) is 24.2 Å². The third-order valence-electron chi connectivity index (χ3n) is 1.80. The minimum atomic E-state index is -0.221. The SMILES string of the molecule is CC(C)Oc1c(Cl)cc(C(=O)CCl)cc1Cl. The van der Waals surface area contributed by atoms with Gasteiger partial charge in [0.1, 0.15) is 0 Å². The lowest BCUT2D eigenvalue weighted by atomic mass is 10.1. The van der Waals surface area contributed by atoms with Crippen LogP contribution in [-0.4, -0.2) is 17.8 Å². The molecule has 1 aromatic carbocycles. The molecule has 0 bridgehead atoms. The van der Waals surface area contributed by atoms with Gasteiger partial charge in [-0.15, -0.1) is 11.6 Å². The molecule has 0 aliphatic rings. The van der Waals surface area contributed by atoms with Crippen LogP contribution in [-0.2, 0) is 0 Å². The van der Waals surface area contributed by atoms with E-state index < -0.39 is 0 Å². The summed E-state index contributed by atoms with van der Waals surface area (Å²) >= 11 is 17.4. The number of hydrogen-bond donors (Lipinski definition) is 0. The number of ketones is 1. The third-order valence-corrected chi connectivity index (χ3v) is 2.60. The average molecular weight is 282 g/mol. The second-order valence-electron chi connectivity index (χ2n) is 3.49. The van der Waals surface area contributed by atoms with E-state index in [1.54, 1.807) is 0 Å². The van der Waals surface area contributed by atoms with Crippen LogP contribution in [0.3, 0.4) is 0 Å². The van der Waals surface area contributed by atoms with Crippen molar-refractivity contribution in [3.8, 4) is 5.75 Å². The second-order valence-corrected chi connectivity index (χ2v) is 4.57. The molecule has 2 nitrogen and oxygen atoms in total. The summed E-state index contributed by atoms with van der Waals surface area (Å²) < 4.78 is 5.44. The van der Waals surface area contributed by atoms with E-state index in [9.17, 15) is 4.79 Å². The standard InChI is InChI=1S/C11H11Cl3O2/c1-6(2)16-11-8(13)3-7(4-9(11)14)10(15)5-12/h3-4,6H,5H2,1-2H3. The summed E-state index contributed by atoms with van der Waals surface area (Å²) in [4.78, 5) is 11.4. The Balaban J connectivity index is 3.12. The second kappa shape index (κ2) is 5.76. The maximum Gasteiger partial charge on any atom is 0.177 e. The zero-order chi connectivity index (χ0) is 12.3. The van der Waals surface area contributed by atoms with Crippen molar-refractivity contribution >= 4 is 40.6 Å². The zero-order valence-corrected chi connectivity index (χ0v) is 11.2. The van der Waals surface area contributed by atoms with Gasteiger partial charge in [0.05, 0.1) is 22.0 Å². The van der Waals surface area contributed by atoms with Gasteiger partial charge in [0.25, 0.3) is 0 Å². The third kappa shape index (κ3) is 3.27. The Morgan fingerprint density at radius 3 is 2.19 bits per heavy atom. The molecule has 5 heteroatoms.